The number of carbonyl (C=O) groups is 1. The fourth-order valence-corrected chi connectivity index (χ4v) is 5.06. The third-order valence-electron chi connectivity index (χ3n) is 5.18. The zero-order chi connectivity index (χ0) is 18.0. The molecule has 25 heavy (non-hydrogen) atoms. The SMILES string of the molecule is CS(=O)(=O)CC1CCC(NC(=O)N2CCc3ccc(F)cc3C2)CC1. The number of rotatable bonds is 3. The van der Waals surface area contributed by atoms with Gasteiger partial charge in [0.2, 0.25) is 0 Å². The van der Waals surface area contributed by atoms with Crippen molar-refractivity contribution in [1.82, 2.24) is 10.2 Å². The van der Waals surface area contributed by atoms with Crippen molar-refractivity contribution in [2.24, 2.45) is 5.92 Å². The molecule has 0 aromatic heterocycles. The average molecular weight is 368 g/mol. The fraction of sp³-hybridized carbons (Fsp3) is 0.611. The molecule has 5 nitrogen and oxygen atoms in total. The molecule has 1 heterocycles. The Labute approximate surface area is 148 Å². The number of nitrogens with one attached hydrogen (secondary N) is 1. The summed E-state index contributed by atoms with van der Waals surface area (Å²) in [6, 6.07) is 4.75. The maximum Gasteiger partial charge on any atom is 0.317 e. The molecule has 0 unspecified atom stereocenters. The Morgan fingerprint density at radius 2 is 1.96 bits per heavy atom. The van der Waals surface area contributed by atoms with Crippen molar-refractivity contribution in [3.05, 3.63) is 35.1 Å². The first-order valence-corrected chi connectivity index (χ1v) is 10.9. The largest absolute Gasteiger partial charge is 0.335 e. The van der Waals surface area contributed by atoms with Crippen LogP contribution in [0.2, 0.25) is 0 Å². The van der Waals surface area contributed by atoms with Crippen molar-refractivity contribution in [3.8, 4) is 0 Å². The van der Waals surface area contributed by atoms with Crippen molar-refractivity contribution in [2.75, 3.05) is 18.6 Å². The number of nitrogens with zero attached hydrogens (tertiary/aromatic N) is 1. The number of benzene rings is 1. The highest BCUT2D eigenvalue weighted by Crippen LogP contribution is 2.26. The maximum absolute atomic E-state index is 13.4. The molecule has 7 heteroatoms. The molecule has 1 fully saturated rings. The van der Waals surface area contributed by atoms with E-state index in [1.165, 1.54) is 18.4 Å². The zero-order valence-electron chi connectivity index (χ0n) is 14.5. The lowest BCUT2D eigenvalue weighted by Gasteiger charge is -2.33. The minimum Gasteiger partial charge on any atom is -0.335 e. The highest BCUT2D eigenvalue weighted by Gasteiger charge is 2.27. The van der Waals surface area contributed by atoms with Gasteiger partial charge in [-0.1, -0.05) is 6.07 Å². The number of fused-ring (bicyclic) bond motifs is 1. The number of halogens is 1. The summed E-state index contributed by atoms with van der Waals surface area (Å²) < 4.78 is 36.2. The van der Waals surface area contributed by atoms with E-state index in [0.717, 1.165) is 43.2 Å². The normalized spacial score (nSPS) is 23.8. The van der Waals surface area contributed by atoms with Crippen molar-refractivity contribution in [2.45, 2.75) is 44.7 Å². The summed E-state index contributed by atoms with van der Waals surface area (Å²) in [6.45, 7) is 1.07. The molecular formula is C18H25FN2O3S. The summed E-state index contributed by atoms with van der Waals surface area (Å²) in [5.41, 5.74) is 1.98. The van der Waals surface area contributed by atoms with Crippen LogP contribution in [-0.2, 0) is 22.8 Å². The molecule has 0 bridgehead atoms. The Bertz CT molecular complexity index is 743. The number of amides is 2. The van der Waals surface area contributed by atoms with Crippen LogP contribution >= 0.6 is 0 Å². The number of carbonyl (C=O) groups excluding carboxylic acids is 1. The molecule has 138 valence electrons. The number of hydrogen-bond acceptors (Lipinski definition) is 3. The summed E-state index contributed by atoms with van der Waals surface area (Å²) in [4.78, 5) is 14.2. The molecule has 1 aliphatic heterocycles. The average Bonchev–Trinajstić information content (AvgIpc) is 2.54. The molecule has 1 aromatic carbocycles. The lowest BCUT2D eigenvalue weighted by atomic mass is 9.87. The van der Waals surface area contributed by atoms with E-state index in [1.54, 1.807) is 11.0 Å². The Hall–Kier alpha value is -1.63. The van der Waals surface area contributed by atoms with Crippen LogP contribution in [0.4, 0.5) is 9.18 Å². The summed E-state index contributed by atoms with van der Waals surface area (Å²) in [5.74, 6) is 0.167. The summed E-state index contributed by atoms with van der Waals surface area (Å²) in [6.07, 6.45) is 5.29. The van der Waals surface area contributed by atoms with E-state index >= 15 is 0 Å². The zero-order valence-corrected chi connectivity index (χ0v) is 15.3. The predicted molar refractivity (Wildman–Crippen MR) is 94.5 cm³/mol. The Kier molecular flexibility index (Phi) is 5.32. The van der Waals surface area contributed by atoms with Gasteiger partial charge in [-0.25, -0.2) is 17.6 Å². The maximum atomic E-state index is 13.4. The Balaban J connectivity index is 1.50. The minimum absolute atomic E-state index is 0.0946. The van der Waals surface area contributed by atoms with Gasteiger partial charge in [0.25, 0.3) is 0 Å². The third-order valence-corrected chi connectivity index (χ3v) is 6.26. The van der Waals surface area contributed by atoms with Crippen molar-refractivity contribution in [3.63, 3.8) is 0 Å². The van der Waals surface area contributed by atoms with Gasteiger partial charge in [-0.15, -0.1) is 0 Å². The minimum atomic E-state index is -2.94. The number of urea groups is 1. The molecular weight excluding hydrogens is 343 g/mol. The highest BCUT2D eigenvalue weighted by atomic mass is 32.2. The molecule has 0 radical (unpaired) electrons. The van der Waals surface area contributed by atoms with E-state index in [1.807, 2.05) is 0 Å². The van der Waals surface area contributed by atoms with Gasteiger partial charge in [-0.2, -0.15) is 0 Å². The van der Waals surface area contributed by atoms with Gasteiger partial charge in [0.1, 0.15) is 15.7 Å². The monoisotopic (exact) mass is 368 g/mol. The molecule has 1 N–H and O–H groups in total. The third kappa shape index (κ3) is 4.93. The summed E-state index contributed by atoms with van der Waals surface area (Å²) in [5, 5.41) is 3.06. The number of hydrogen-bond donors (Lipinski definition) is 1. The number of sulfone groups is 1. The van der Waals surface area contributed by atoms with Gasteiger partial charge >= 0.3 is 6.03 Å². The highest BCUT2D eigenvalue weighted by molar-refractivity contribution is 7.90. The van der Waals surface area contributed by atoms with Gasteiger partial charge in [0, 0.05) is 25.4 Å². The molecule has 1 saturated carbocycles. The van der Waals surface area contributed by atoms with E-state index in [2.05, 4.69) is 5.32 Å². The van der Waals surface area contributed by atoms with Crippen LogP contribution in [0, 0.1) is 11.7 Å². The molecule has 0 spiro atoms. The van der Waals surface area contributed by atoms with Crippen molar-refractivity contribution < 1.29 is 17.6 Å². The van der Waals surface area contributed by atoms with E-state index in [9.17, 15) is 17.6 Å². The quantitative estimate of drug-likeness (QED) is 0.891. The van der Waals surface area contributed by atoms with Crippen LogP contribution in [0.3, 0.4) is 0 Å². The lowest BCUT2D eigenvalue weighted by molar-refractivity contribution is 0.182. The van der Waals surface area contributed by atoms with Gasteiger partial charge in [0.15, 0.2) is 0 Å². The Morgan fingerprint density at radius 1 is 1.24 bits per heavy atom. The predicted octanol–water partition coefficient (Wildman–Crippen LogP) is 2.50. The van der Waals surface area contributed by atoms with Gasteiger partial charge < -0.3 is 10.2 Å². The summed E-state index contributed by atoms with van der Waals surface area (Å²) >= 11 is 0. The van der Waals surface area contributed by atoms with E-state index < -0.39 is 9.84 Å². The van der Waals surface area contributed by atoms with Crippen LogP contribution in [0.15, 0.2) is 18.2 Å². The second-order valence-electron chi connectivity index (χ2n) is 7.34. The van der Waals surface area contributed by atoms with Gasteiger partial charge in [-0.05, 0) is 61.3 Å². The van der Waals surface area contributed by atoms with Crippen LogP contribution < -0.4 is 5.32 Å². The lowest BCUT2D eigenvalue weighted by Crippen LogP contribution is -2.47. The molecule has 1 aliphatic carbocycles. The first-order chi connectivity index (χ1) is 11.8. The van der Waals surface area contributed by atoms with Crippen LogP contribution in [0.5, 0.6) is 0 Å². The standard InChI is InChI=1S/C18H25FN2O3S/c1-25(23,24)12-13-2-6-17(7-3-13)20-18(22)21-9-8-14-4-5-16(19)10-15(14)11-21/h4-5,10,13,17H,2-3,6-9,11-12H2,1H3,(H,20,22). The topological polar surface area (TPSA) is 66.5 Å². The smallest absolute Gasteiger partial charge is 0.317 e. The van der Waals surface area contributed by atoms with Crippen LogP contribution in [0.1, 0.15) is 36.8 Å². The Morgan fingerprint density at radius 3 is 2.64 bits per heavy atom. The molecule has 0 atom stereocenters. The van der Waals surface area contributed by atoms with Crippen molar-refractivity contribution >= 4 is 15.9 Å². The van der Waals surface area contributed by atoms with E-state index in [0.29, 0.717) is 13.1 Å². The van der Waals surface area contributed by atoms with E-state index in [-0.39, 0.29) is 29.6 Å². The van der Waals surface area contributed by atoms with E-state index in [4.69, 9.17) is 0 Å². The summed E-state index contributed by atoms with van der Waals surface area (Å²) in [7, 11) is -2.94. The molecule has 3 rings (SSSR count). The van der Waals surface area contributed by atoms with Gasteiger partial charge in [0.05, 0.1) is 5.75 Å². The van der Waals surface area contributed by atoms with Crippen molar-refractivity contribution in [1.29, 1.82) is 0 Å². The van der Waals surface area contributed by atoms with Gasteiger partial charge in [-0.3, -0.25) is 0 Å². The molecule has 2 amide bonds. The first kappa shape index (κ1) is 18.2. The van der Waals surface area contributed by atoms with Crippen LogP contribution in [-0.4, -0.2) is 43.9 Å². The molecule has 2 aliphatic rings. The second kappa shape index (κ2) is 7.32. The molecule has 0 saturated heterocycles. The van der Waals surface area contributed by atoms with Crippen LogP contribution in [0.25, 0.3) is 0 Å². The second-order valence-corrected chi connectivity index (χ2v) is 9.53. The fourth-order valence-electron chi connectivity index (χ4n) is 3.87. The first-order valence-electron chi connectivity index (χ1n) is 8.80. The molecule has 1 aromatic rings.